The first kappa shape index (κ1) is 26.3. The van der Waals surface area contributed by atoms with Crippen molar-refractivity contribution in [2.24, 2.45) is 0 Å². The number of methoxy groups -OCH3 is 1. The number of thiophene rings is 1. The van der Waals surface area contributed by atoms with E-state index in [0.717, 1.165) is 21.3 Å². The number of hydrogen-bond donors (Lipinski definition) is 1. The summed E-state index contributed by atoms with van der Waals surface area (Å²) in [6.07, 6.45) is 0.659. The molecule has 0 fully saturated rings. The minimum absolute atomic E-state index is 0.00570. The van der Waals surface area contributed by atoms with E-state index >= 15 is 0 Å². The van der Waals surface area contributed by atoms with Crippen molar-refractivity contribution >= 4 is 38.2 Å². The Morgan fingerprint density at radius 3 is 2.37 bits per heavy atom. The molecular formula is C23H25N5O5S2. The minimum Gasteiger partial charge on any atom is -0.465 e. The van der Waals surface area contributed by atoms with Crippen LogP contribution in [0.25, 0.3) is 0 Å². The van der Waals surface area contributed by atoms with Gasteiger partial charge < -0.3 is 15.0 Å². The summed E-state index contributed by atoms with van der Waals surface area (Å²) < 4.78 is 31.9. The van der Waals surface area contributed by atoms with E-state index < -0.39 is 21.9 Å². The van der Waals surface area contributed by atoms with Crippen LogP contribution in [0, 0.1) is 22.7 Å². The number of nitriles is 2. The standard InChI is InChI=1S/C23H25N5O5S2/c1-27-14-9-18-19(15-27)34-22(20(18)23(30)33-2)26-21(29)16-5-7-17(8-6-16)35(31,32)28(12-3-10-24)13-4-11-25/h5-8H,3-4,9,12-15H2,1-2H3,(H,26,29). The van der Waals surface area contributed by atoms with Crippen molar-refractivity contribution in [3.63, 3.8) is 0 Å². The summed E-state index contributed by atoms with van der Waals surface area (Å²) >= 11 is 1.33. The SMILES string of the molecule is COC(=O)c1c(NC(=O)c2ccc(S(=O)(=O)N(CCC#N)CCC#N)cc2)sc2c1CCN(C)C2. The molecule has 0 saturated heterocycles. The number of amides is 1. The summed E-state index contributed by atoms with van der Waals surface area (Å²) in [5, 5.41) is 20.8. The fourth-order valence-electron chi connectivity index (χ4n) is 3.74. The molecule has 2 aromatic rings. The van der Waals surface area contributed by atoms with E-state index in [2.05, 4.69) is 10.2 Å². The van der Waals surface area contributed by atoms with Crippen LogP contribution in [0.1, 0.15) is 44.0 Å². The number of carbonyl (C=O) groups excluding carboxylic acids is 2. The summed E-state index contributed by atoms with van der Waals surface area (Å²) in [6, 6.07) is 9.20. The van der Waals surface area contributed by atoms with Gasteiger partial charge in [0, 0.05) is 49.5 Å². The van der Waals surface area contributed by atoms with Crippen LogP contribution in [0.4, 0.5) is 5.00 Å². The van der Waals surface area contributed by atoms with Crippen molar-refractivity contribution in [1.29, 1.82) is 10.5 Å². The highest BCUT2D eigenvalue weighted by molar-refractivity contribution is 7.89. The summed E-state index contributed by atoms with van der Waals surface area (Å²) in [7, 11) is -0.663. The van der Waals surface area contributed by atoms with Crippen molar-refractivity contribution < 1.29 is 22.7 Å². The van der Waals surface area contributed by atoms with Gasteiger partial charge in [-0.3, -0.25) is 4.79 Å². The van der Waals surface area contributed by atoms with E-state index in [0.29, 0.717) is 23.5 Å². The van der Waals surface area contributed by atoms with Crippen LogP contribution in [0.2, 0.25) is 0 Å². The highest BCUT2D eigenvalue weighted by Crippen LogP contribution is 2.37. The lowest BCUT2D eigenvalue weighted by Crippen LogP contribution is -2.32. The number of ether oxygens (including phenoxy) is 1. The van der Waals surface area contributed by atoms with E-state index in [1.165, 1.54) is 42.7 Å². The van der Waals surface area contributed by atoms with Crippen LogP contribution in [-0.4, -0.2) is 63.3 Å². The molecule has 0 bridgehead atoms. The van der Waals surface area contributed by atoms with E-state index in [9.17, 15) is 18.0 Å². The highest BCUT2D eigenvalue weighted by Gasteiger charge is 2.29. The Morgan fingerprint density at radius 2 is 1.80 bits per heavy atom. The van der Waals surface area contributed by atoms with Gasteiger partial charge in [0.1, 0.15) is 5.00 Å². The summed E-state index contributed by atoms with van der Waals surface area (Å²) in [4.78, 5) is 28.4. The second kappa shape index (κ2) is 11.4. The number of rotatable bonds is 9. The largest absolute Gasteiger partial charge is 0.465 e. The molecule has 2 heterocycles. The topological polar surface area (TPSA) is 144 Å². The molecule has 3 rings (SSSR count). The first-order chi connectivity index (χ1) is 16.7. The third-order valence-electron chi connectivity index (χ3n) is 5.56. The molecule has 0 spiro atoms. The first-order valence-electron chi connectivity index (χ1n) is 10.8. The number of fused-ring (bicyclic) bond motifs is 1. The average molecular weight is 516 g/mol. The van der Waals surface area contributed by atoms with Gasteiger partial charge in [-0.15, -0.1) is 11.3 Å². The Kier molecular flexibility index (Phi) is 8.59. The summed E-state index contributed by atoms with van der Waals surface area (Å²) in [5.41, 5.74) is 1.45. The van der Waals surface area contributed by atoms with Crippen molar-refractivity contribution in [2.75, 3.05) is 39.1 Å². The van der Waals surface area contributed by atoms with Crippen molar-refractivity contribution in [3.05, 3.63) is 45.8 Å². The number of nitrogens with one attached hydrogen (secondary N) is 1. The Hall–Kier alpha value is -3.29. The molecule has 1 aromatic carbocycles. The molecule has 1 aliphatic heterocycles. The van der Waals surface area contributed by atoms with Gasteiger partial charge in [-0.2, -0.15) is 14.8 Å². The zero-order valence-corrected chi connectivity index (χ0v) is 21.0. The lowest BCUT2D eigenvalue weighted by Gasteiger charge is -2.22. The summed E-state index contributed by atoms with van der Waals surface area (Å²) in [5.74, 6) is -1.00. The molecule has 10 nitrogen and oxygen atoms in total. The monoisotopic (exact) mass is 515 g/mol. The van der Waals surface area contributed by atoms with Gasteiger partial charge in [0.15, 0.2) is 0 Å². The Bertz CT molecular complexity index is 1270. The number of likely N-dealkylation sites (N-methyl/N-ethyl adjacent to an activating group) is 1. The van der Waals surface area contributed by atoms with E-state index in [-0.39, 0.29) is 36.4 Å². The average Bonchev–Trinajstić information content (AvgIpc) is 3.20. The number of benzene rings is 1. The predicted molar refractivity (Wildman–Crippen MR) is 129 cm³/mol. The number of nitrogens with zero attached hydrogens (tertiary/aromatic N) is 4. The molecule has 1 amide bonds. The van der Waals surface area contributed by atoms with Crippen LogP contribution >= 0.6 is 11.3 Å². The van der Waals surface area contributed by atoms with E-state index in [1.54, 1.807) is 0 Å². The van der Waals surface area contributed by atoms with Crippen molar-refractivity contribution in [2.45, 2.75) is 30.7 Å². The van der Waals surface area contributed by atoms with Gasteiger partial charge in [-0.25, -0.2) is 13.2 Å². The number of esters is 1. The second-order valence-electron chi connectivity index (χ2n) is 7.89. The molecule has 1 aromatic heterocycles. The Labute approximate surface area is 208 Å². The maximum atomic E-state index is 13.0. The fourth-order valence-corrected chi connectivity index (χ4v) is 6.49. The van der Waals surface area contributed by atoms with Crippen molar-refractivity contribution in [1.82, 2.24) is 9.21 Å². The number of hydrogen-bond acceptors (Lipinski definition) is 9. The Balaban J connectivity index is 1.83. The molecular weight excluding hydrogens is 490 g/mol. The lowest BCUT2D eigenvalue weighted by molar-refractivity contribution is 0.0600. The molecule has 12 heteroatoms. The van der Waals surface area contributed by atoms with Gasteiger partial charge in [-0.1, -0.05) is 0 Å². The van der Waals surface area contributed by atoms with Crippen LogP contribution < -0.4 is 5.32 Å². The third kappa shape index (κ3) is 5.86. The van der Waals surface area contributed by atoms with E-state index in [4.69, 9.17) is 15.3 Å². The van der Waals surface area contributed by atoms with Gasteiger partial charge in [0.25, 0.3) is 5.91 Å². The van der Waals surface area contributed by atoms with Gasteiger partial charge in [0.05, 0.1) is 29.7 Å². The maximum Gasteiger partial charge on any atom is 0.341 e. The molecule has 0 saturated carbocycles. The second-order valence-corrected chi connectivity index (χ2v) is 10.9. The number of anilines is 1. The van der Waals surface area contributed by atoms with Gasteiger partial charge >= 0.3 is 5.97 Å². The van der Waals surface area contributed by atoms with Gasteiger partial charge in [-0.05, 0) is 43.3 Å². The smallest absolute Gasteiger partial charge is 0.341 e. The van der Waals surface area contributed by atoms with Crippen LogP contribution in [-0.2, 0) is 27.7 Å². The van der Waals surface area contributed by atoms with Crippen LogP contribution in [0.15, 0.2) is 29.2 Å². The normalized spacial score (nSPS) is 13.5. The van der Waals surface area contributed by atoms with Crippen molar-refractivity contribution in [3.8, 4) is 12.1 Å². The Morgan fingerprint density at radius 1 is 1.17 bits per heavy atom. The number of sulfonamides is 1. The van der Waals surface area contributed by atoms with Crippen LogP contribution in [0.5, 0.6) is 0 Å². The van der Waals surface area contributed by atoms with Gasteiger partial charge in [0.2, 0.25) is 10.0 Å². The molecule has 0 atom stereocenters. The van der Waals surface area contributed by atoms with E-state index in [1.807, 2.05) is 19.2 Å². The predicted octanol–water partition coefficient (Wildman–Crippen LogP) is 2.59. The molecule has 184 valence electrons. The number of carbonyl (C=O) groups is 2. The lowest BCUT2D eigenvalue weighted by atomic mass is 10.0. The minimum atomic E-state index is -3.94. The molecule has 35 heavy (non-hydrogen) atoms. The third-order valence-corrected chi connectivity index (χ3v) is 8.61. The highest BCUT2D eigenvalue weighted by atomic mass is 32.2. The maximum absolute atomic E-state index is 13.0. The molecule has 0 unspecified atom stereocenters. The fraction of sp³-hybridized carbons (Fsp3) is 0.391. The zero-order valence-electron chi connectivity index (χ0n) is 19.4. The molecule has 0 aliphatic carbocycles. The first-order valence-corrected chi connectivity index (χ1v) is 13.1. The zero-order chi connectivity index (χ0) is 25.6. The van der Waals surface area contributed by atoms with Crippen LogP contribution in [0.3, 0.4) is 0 Å². The molecule has 1 aliphatic rings. The molecule has 1 N–H and O–H groups in total. The summed E-state index contributed by atoms with van der Waals surface area (Å²) in [6.45, 7) is 1.39. The quantitative estimate of drug-likeness (QED) is 0.502. The molecule has 0 radical (unpaired) electrons.